The van der Waals surface area contributed by atoms with Crippen LogP contribution in [0, 0.1) is 0 Å². The zero-order valence-corrected chi connectivity index (χ0v) is 16.6. The molecule has 29 heavy (non-hydrogen) atoms. The van der Waals surface area contributed by atoms with Crippen molar-refractivity contribution in [3.63, 3.8) is 0 Å². The minimum atomic E-state index is 0.615. The Bertz CT molecular complexity index is 959. The molecule has 4 rings (SSSR count). The van der Waals surface area contributed by atoms with Crippen LogP contribution in [-0.4, -0.2) is 55.6 Å². The van der Waals surface area contributed by atoms with Crippen LogP contribution in [0.5, 0.6) is 11.5 Å². The molecule has 0 aliphatic carbocycles. The molecule has 2 aromatic carbocycles. The average molecular weight is 392 g/mol. The molecule has 0 saturated carbocycles. The van der Waals surface area contributed by atoms with E-state index in [-0.39, 0.29) is 0 Å². The average Bonchev–Trinajstić information content (AvgIpc) is 2.80. The summed E-state index contributed by atoms with van der Waals surface area (Å²) in [5, 5.41) is 11.6. The van der Waals surface area contributed by atoms with Gasteiger partial charge in [-0.05, 0) is 24.3 Å². The molecule has 1 saturated heterocycles. The highest BCUT2D eigenvalue weighted by Gasteiger charge is 2.21. The summed E-state index contributed by atoms with van der Waals surface area (Å²) in [5.41, 5.74) is 1.95. The Morgan fingerprint density at radius 3 is 2.24 bits per heavy atom. The fourth-order valence-corrected chi connectivity index (χ4v) is 3.41. The Hall–Kier alpha value is -3.55. The predicted molar refractivity (Wildman–Crippen MR) is 114 cm³/mol. The minimum absolute atomic E-state index is 0.615. The van der Waals surface area contributed by atoms with Crippen molar-refractivity contribution in [1.29, 1.82) is 0 Å². The van der Waals surface area contributed by atoms with Crippen molar-refractivity contribution >= 4 is 23.1 Å². The zero-order valence-electron chi connectivity index (χ0n) is 16.6. The molecule has 0 bridgehead atoms. The van der Waals surface area contributed by atoms with E-state index in [9.17, 15) is 0 Å². The number of aromatic nitrogens is 3. The number of benzene rings is 2. The summed E-state index contributed by atoms with van der Waals surface area (Å²) in [6.45, 7) is 3.32. The van der Waals surface area contributed by atoms with Crippen molar-refractivity contribution in [2.45, 2.75) is 0 Å². The number of nitrogens with one attached hydrogen (secondary N) is 1. The number of ether oxygens (including phenoxy) is 2. The Labute approximate surface area is 170 Å². The topological polar surface area (TPSA) is 75.6 Å². The van der Waals surface area contributed by atoms with Gasteiger partial charge < -0.3 is 24.6 Å². The minimum Gasteiger partial charge on any atom is -0.495 e. The molecule has 2 heterocycles. The molecule has 0 amide bonds. The molecule has 1 fully saturated rings. The molecule has 1 aliphatic heterocycles. The van der Waals surface area contributed by atoms with Gasteiger partial charge in [-0.2, -0.15) is 10.1 Å². The molecule has 8 heteroatoms. The largest absolute Gasteiger partial charge is 0.495 e. The fraction of sp³-hybridized carbons (Fsp3) is 0.286. The summed E-state index contributed by atoms with van der Waals surface area (Å²) in [7, 11) is 3.35. The lowest BCUT2D eigenvalue weighted by atomic mass is 10.2. The van der Waals surface area contributed by atoms with Crippen LogP contribution in [0.25, 0.3) is 0 Å². The van der Waals surface area contributed by atoms with Crippen molar-refractivity contribution in [3.8, 4) is 11.5 Å². The lowest BCUT2D eigenvalue weighted by molar-refractivity contribution is 0.413. The quantitative estimate of drug-likeness (QED) is 0.686. The van der Waals surface area contributed by atoms with Crippen molar-refractivity contribution in [2.75, 3.05) is 55.5 Å². The van der Waals surface area contributed by atoms with Gasteiger partial charge in [0.1, 0.15) is 11.5 Å². The Morgan fingerprint density at radius 2 is 1.48 bits per heavy atom. The molecule has 0 radical (unpaired) electrons. The number of piperazine rings is 1. The maximum Gasteiger partial charge on any atom is 0.247 e. The molecular weight excluding hydrogens is 368 g/mol. The fourth-order valence-electron chi connectivity index (χ4n) is 3.41. The highest BCUT2D eigenvalue weighted by molar-refractivity contribution is 5.64. The standard InChI is InChI=1S/C21H24N6O2/c1-28-18-9-5-3-7-16(18)23-20-15-22-25-21(24-20)27-13-11-26(12-14-27)17-8-4-6-10-19(17)29-2/h3-10,15H,11-14H2,1-2H3,(H,23,24,25). The predicted octanol–water partition coefficient (Wildman–Crippen LogP) is 2.96. The van der Waals surface area contributed by atoms with Crippen LogP contribution in [0.2, 0.25) is 0 Å². The maximum atomic E-state index is 5.49. The first-order valence-corrected chi connectivity index (χ1v) is 9.51. The second kappa shape index (κ2) is 8.64. The summed E-state index contributed by atoms with van der Waals surface area (Å²) in [5.74, 6) is 2.89. The lowest BCUT2D eigenvalue weighted by Gasteiger charge is -2.36. The first kappa shape index (κ1) is 18.8. The molecule has 1 aromatic heterocycles. The van der Waals surface area contributed by atoms with Gasteiger partial charge in [0.2, 0.25) is 5.95 Å². The van der Waals surface area contributed by atoms with E-state index in [1.165, 1.54) is 0 Å². The van der Waals surface area contributed by atoms with E-state index in [0.29, 0.717) is 11.8 Å². The van der Waals surface area contributed by atoms with E-state index in [4.69, 9.17) is 9.47 Å². The molecule has 1 aliphatic rings. The molecule has 1 N–H and O–H groups in total. The molecular formula is C21H24N6O2. The number of methoxy groups -OCH3 is 2. The van der Waals surface area contributed by atoms with Gasteiger partial charge in [-0.25, -0.2) is 0 Å². The van der Waals surface area contributed by atoms with Crippen molar-refractivity contribution < 1.29 is 9.47 Å². The Balaban J connectivity index is 1.45. The van der Waals surface area contributed by atoms with E-state index in [1.807, 2.05) is 42.5 Å². The lowest BCUT2D eigenvalue weighted by Crippen LogP contribution is -2.47. The van der Waals surface area contributed by atoms with E-state index in [2.05, 4.69) is 36.4 Å². The van der Waals surface area contributed by atoms with Crippen LogP contribution in [0.4, 0.5) is 23.1 Å². The maximum absolute atomic E-state index is 5.49. The van der Waals surface area contributed by atoms with Gasteiger partial charge in [0, 0.05) is 26.2 Å². The normalized spacial score (nSPS) is 13.9. The Morgan fingerprint density at radius 1 is 0.828 bits per heavy atom. The number of para-hydroxylation sites is 4. The number of nitrogens with zero attached hydrogens (tertiary/aromatic N) is 5. The third kappa shape index (κ3) is 4.16. The Kier molecular flexibility index (Phi) is 5.60. The van der Waals surface area contributed by atoms with E-state index < -0.39 is 0 Å². The highest BCUT2D eigenvalue weighted by atomic mass is 16.5. The van der Waals surface area contributed by atoms with Crippen LogP contribution in [-0.2, 0) is 0 Å². The van der Waals surface area contributed by atoms with Gasteiger partial charge in [0.05, 0.1) is 31.8 Å². The van der Waals surface area contributed by atoms with E-state index >= 15 is 0 Å². The molecule has 150 valence electrons. The molecule has 8 nitrogen and oxygen atoms in total. The third-order valence-electron chi connectivity index (χ3n) is 4.91. The summed E-state index contributed by atoms with van der Waals surface area (Å²) in [6.07, 6.45) is 1.61. The van der Waals surface area contributed by atoms with Crippen LogP contribution < -0.4 is 24.6 Å². The van der Waals surface area contributed by atoms with Crippen LogP contribution in [0.3, 0.4) is 0 Å². The number of anilines is 4. The monoisotopic (exact) mass is 392 g/mol. The van der Waals surface area contributed by atoms with Gasteiger partial charge >= 0.3 is 0 Å². The second-order valence-corrected chi connectivity index (χ2v) is 6.61. The molecule has 3 aromatic rings. The first-order chi connectivity index (χ1) is 14.3. The van der Waals surface area contributed by atoms with Crippen molar-refractivity contribution in [1.82, 2.24) is 15.2 Å². The summed E-state index contributed by atoms with van der Waals surface area (Å²) < 4.78 is 10.9. The molecule has 0 unspecified atom stereocenters. The van der Waals surface area contributed by atoms with Crippen LogP contribution in [0.1, 0.15) is 0 Å². The summed E-state index contributed by atoms with van der Waals surface area (Å²) in [6, 6.07) is 15.8. The van der Waals surface area contributed by atoms with Gasteiger partial charge in [0.25, 0.3) is 0 Å². The molecule has 0 spiro atoms. The molecule has 0 atom stereocenters. The summed E-state index contributed by atoms with van der Waals surface area (Å²) in [4.78, 5) is 9.11. The van der Waals surface area contributed by atoms with Crippen LogP contribution in [0.15, 0.2) is 54.7 Å². The van der Waals surface area contributed by atoms with E-state index in [0.717, 1.165) is 49.1 Å². The number of rotatable bonds is 6. The number of hydrogen-bond acceptors (Lipinski definition) is 8. The number of hydrogen-bond donors (Lipinski definition) is 1. The SMILES string of the molecule is COc1ccccc1Nc1cnnc(N2CCN(c3ccccc3OC)CC2)n1. The van der Waals surface area contributed by atoms with Gasteiger partial charge in [0.15, 0.2) is 5.82 Å². The highest BCUT2D eigenvalue weighted by Crippen LogP contribution is 2.29. The van der Waals surface area contributed by atoms with Gasteiger partial charge in [-0.15, -0.1) is 5.10 Å². The van der Waals surface area contributed by atoms with Crippen molar-refractivity contribution in [2.24, 2.45) is 0 Å². The van der Waals surface area contributed by atoms with Gasteiger partial charge in [-0.1, -0.05) is 24.3 Å². The van der Waals surface area contributed by atoms with Crippen molar-refractivity contribution in [3.05, 3.63) is 54.7 Å². The van der Waals surface area contributed by atoms with E-state index in [1.54, 1.807) is 20.4 Å². The second-order valence-electron chi connectivity index (χ2n) is 6.61. The summed E-state index contributed by atoms with van der Waals surface area (Å²) >= 11 is 0. The van der Waals surface area contributed by atoms with Crippen LogP contribution >= 0.6 is 0 Å². The third-order valence-corrected chi connectivity index (χ3v) is 4.91. The first-order valence-electron chi connectivity index (χ1n) is 9.51. The zero-order chi connectivity index (χ0) is 20.1. The van der Waals surface area contributed by atoms with Gasteiger partial charge in [-0.3, -0.25) is 0 Å². The smallest absolute Gasteiger partial charge is 0.247 e.